The van der Waals surface area contributed by atoms with E-state index in [1.165, 1.54) is 0 Å². The fourth-order valence-electron chi connectivity index (χ4n) is 5.46. The third-order valence-electron chi connectivity index (χ3n) is 7.57. The van der Waals surface area contributed by atoms with Gasteiger partial charge in [-0.25, -0.2) is 0 Å². The Morgan fingerprint density at radius 3 is 2.43 bits per heavy atom. The van der Waals surface area contributed by atoms with Gasteiger partial charge < -0.3 is 24.7 Å². The van der Waals surface area contributed by atoms with Crippen molar-refractivity contribution in [1.29, 1.82) is 0 Å². The predicted octanol–water partition coefficient (Wildman–Crippen LogP) is 5.53. The Hall–Kier alpha value is -4.59. The highest BCUT2D eigenvalue weighted by molar-refractivity contribution is 6.12. The summed E-state index contributed by atoms with van der Waals surface area (Å²) >= 11 is 0. The van der Waals surface area contributed by atoms with E-state index in [1.807, 2.05) is 67.6 Å². The molecule has 3 amide bonds. The molecule has 8 heteroatoms. The molecular weight excluding hydrogens is 530 g/mol. The van der Waals surface area contributed by atoms with Gasteiger partial charge in [-0.3, -0.25) is 14.4 Å². The fraction of sp³-hybridized carbons (Fsp3) is 0.324. The quantitative estimate of drug-likeness (QED) is 0.330. The van der Waals surface area contributed by atoms with Gasteiger partial charge in [0, 0.05) is 37.0 Å². The Bertz CT molecular complexity index is 1520. The second kappa shape index (κ2) is 13.9. The van der Waals surface area contributed by atoms with Crippen LogP contribution in [0.2, 0.25) is 0 Å². The van der Waals surface area contributed by atoms with Crippen LogP contribution >= 0.6 is 0 Å². The molecule has 2 heterocycles. The van der Waals surface area contributed by atoms with Crippen LogP contribution in [0.25, 0.3) is 22.3 Å². The maximum Gasteiger partial charge on any atom is 0.258 e. The van der Waals surface area contributed by atoms with Gasteiger partial charge in [0.1, 0.15) is 17.1 Å². The Morgan fingerprint density at radius 2 is 1.67 bits per heavy atom. The Morgan fingerprint density at radius 1 is 0.929 bits per heavy atom. The van der Waals surface area contributed by atoms with E-state index >= 15 is 0 Å². The summed E-state index contributed by atoms with van der Waals surface area (Å²) in [5, 5.41) is 6.63. The maximum atomic E-state index is 14.3. The smallest absolute Gasteiger partial charge is 0.258 e. The first-order valence-electron chi connectivity index (χ1n) is 14.7. The minimum atomic E-state index is -0.308. The highest BCUT2D eigenvalue weighted by atomic mass is 16.5. The molecule has 0 bridgehead atoms. The molecule has 0 aliphatic carbocycles. The van der Waals surface area contributed by atoms with E-state index in [2.05, 4.69) is 22.8 Å². The highest BCUT2D eigenvalue weighted by Crippen LogP contribution is 2.36. The molecule has 218 valence electrons. The van der Waals surface area contributed by atoms with E-state index < -0.39 is 0 Å². The average molecular weight is 568 g/mol. The van der Waals surface area contributed by atoms with Crippen molar-refractivity contribution in [2.75, 3.05) is 32.8 Å². The van der Waals surface area contributed by atoms with Gasteiger partial charge in [0.2, 0.25) is 11.8 Å². The summed E-state index contributed by atoms with van der Waals surface area (Å²) in [4.78, 5) is 41.6. The van der Waals surface area contributed by atoms with Crippen molar-refractivity contribution in [3.63, 3.8) is 0 Å². The molecule has 0 radical (unpaired) electrons. The molecule has 1 unspecified atom stereocenters. The van der Waals surface area contributed by atoms with Crippen molar-refractivity contribution >= 4 is 28.7 Å². The van der Waals surface area contributed by atoms with Gasteiger partial charge in [0.25, 0.3) is 5.91 Å². The Labute approximate surface area is 246 Å². The summed E-state index contributed by atoms with van der Waals surface area (Å²) in [6.45, 7) is 3.44. The van der Waals surface area contributed by atoms with E-state index in [0.717, 1.165) is 11.1 Å². The zero-order chi connectivity index (χ0) is 29.3. The van der Waals surface area contributed by atoms with Crippen LogP contribution in [0.15, 0.2) is 83.3 Å². The molecule has 1 fully saturated rings. The number of amides is 3. The summed E-state index contributed by atoms with van der Waals surface area (Å²) in [6, 6.07) is 25.0. The first-order chi connectivity index (χ1) is 20.5. The second-order valence-corrected chi connectivity index (χ2v) is 10.5. The molecule has 2 N–H and O–H groups in total. The minimum Gasteiger partial charge on any atom is -0.494 e. The number of nitrogens with zero attached hydrogens (tertiary/aromatic N) is 1. The first kappa shape index (κ1) is 28.9. The summed E-state index contributed by atoms with van der Waals surface area (Å²) in [5.74, 6) is 0.683. The number of nitrogens with one attached hydrogen (secondary N) is 2. The SMILES string of the molecule is CCOc1ccc2oc(-c3ccccc3)c(C(=O)N3CCCNC(=O)CCC(c4ccccc4)CCNC(=O)C3)c2c1. The van der Waals surface area contributed by atoms with Crippen LogP contribution in [0.4, 0.5) is 0 Å². The van der Waals surface area contributed by atoms with Gasteiger partial charge in [0.15, 0.2) is 0 Å². The number of carbonyl (C=O) groups excluding carboxylic acids is 3. The van der Waals surface area contributed by atoms with E-state index in [0.29, 0.717) is 80.0 Å². The van der Waals surface area contributed by atoms with Crippen LogP contribution in [0.3, 0.4) is 0 Å². The van der Waals surface area contributed by atoms with Crippen LogP contribution in [0, 0.1) is 0 Å². The van der Waals surface area contributed by atoms with Crippen LogP contribution in [-0.2, 0) is 9.59 Å². The third kappa shape index (κ3) is 7.00. The molecule has 4 aromatic rings. The van der Waals surface area contributed by atoms with E-state index in [4.69, 9.17) is 9.15 Å². The van der Waals surface area contributed by atoms with Crippen molar-refractivity contribution in [3.8, 4) is 17.1 Å². The third-order valence-corrected chi connectivity index (χ3v) is 7.57. The minimum absolute atomic E-state index is 0.00875. The lowest BCUT2D eigenvalue weighted by molar-refractivity contribution is -0.123. The molecule has 0 spiro atoms. The molecule has 42 heavy (non-hydrogen) atoms. The Balaban J connectivity index is 1.43. The topological polar surface area (TPSA) is 101 Å². The van der Waals surface area contributed by atoms with Gasteiger partial charge in [-0.2, -0.15) is 0 Å². The number of benzene rings is 3. The largest absolute Gasteiger partial charge is 0.494 e. The number of fused-ring (bicyclic) bond motifs is 1. The molecule has 1 atom stereocenters. The molecule has 8 nitrogen and oxygen atoms in total. The van der Waals surface area contributed by atoms with Crippen molar-refractivity contribution in [1.82, 2.24) is 15.5 Å². The van der Waals surface area contributed by atoms with E-state index in [-0.39, 0.29) is 30.2 Å². The molecule has 1 saturated heterocycles. The fourth-order valence-corrected chi connectivity index (χ4v) is 5.46. The molecule has 1 aliphatic heterocycles. The summed E-state index contributed by atoms with van der Waals surface area (Å²) < 4.78 is 12.0. The van der Waals surface area contributed by atoms with Crippen molar-refractivity contribution in [3.05, 3.63) is 90.0 Å². The van der Waals surface area contributed by atoms with Gasteiger partial charge in [-0.15, -0.1) is 0 Å². The predicted molar refractivity (Wildman–Crippen MR) is 162 cm³/mol. The molecule has 5 rings (SSSR count). The van der Waals surface area contributed by atoms with Crippen LogP contribution < -0.4 is 15.4 Å². The van der Waals surface area contributed by atoms with Gasteiger partial charge in [-0.1, -0.05) is 60.7 Å². The molecular formula is C34H37N3O5. The van der Waals surface area contributed by atoms with Crippen molar-refractivity contribution < 1.29 is 23.5 Å². The van der Waals surface area contributed by atoms with E-state index in [9.17, 15) is 14.4 Å². The number of hydrogen-bond donors (Lipinski definition) is 2. The molecule has 3 aromatic carbocycles. The van der Waals surface area contributed by atoms with E-state index in [1.54, 1.807) is 11.0 Å². The van der Waals surface area contributed by atoms with Crippen LogP contribution in [0.1, 0.15) is 54.4 Å². The highest BCUT2D eigenvalue weighted by Gasteiger charge is 2.28. The van der Waals surface area contributed by atoms with Crippen LogP contribution in [-0.4, -0.2) is 55.4 Å². The zero-order valence-electron chi connectivity index (χ0n) is 23.9. The second-order valence-electron chi connectivity index (χ2n) is 10.5. The number of hydrogen-bond acceptors (Lipinski definition) is 5. The summed E-state index contributed by atoms with van der Waals surface area (Å²) in [6.07, 6.45) is 2.31. The number of rotatable bonds is 5. The molecule has 1 aromatic heterocycles. The number of ether oxygens (including phenoxy) is 1. The monoisotopic (exact) mass is 567 g/mol. The molecule has 0 saturated carbocycles. The van der Waals surface area contributed by atoms with Gasteiger partial charge in [-0.05, 0) is 55.9 Å². The maximum absolute atomic E-state index is 14.3. The van der Waals surface area contributed by atoms with Gasteiger partial charge >= 0.3 is 0 Å². The number of furan rings is 1. The Kier molecular flexibility index (Phi) is 9.54. The lowest BCUT2D eigenvalue weighted by Gasteiger charge is -2.24. The summed E-state index contributed by atoms with van der Waals surface area (Å²) in [7, 11) is 0. The van der Waals surface area contributed by atoms with Crippen molar-refractivity contribution in [2.45, 2.75) is 38.5 Å². The van der Waals surface area contributed by atoms with Gasteiger partial charge in [0.05, 0.1) is 18.7 Å². The molecule has 1 aliphatic rings. The zero-order valence-corrected chi connectivity index (χ0v) is 23.9. The van der Waals surface area contributed by atoms with Crippen molar-refractivity contribution in [2.24, 2.45) is 0 Å². The van der Waals surface area contributed by atoms with Crippen LogP contribution in [0.5, 0.6) is 5.75 Å². The number of carbonyl (C=O) groups is 3. The standard InChI is InChI=1S/C34H37N3O5/c1-2-41-27-15-16-29-28(22-27)32(33(42-29)26-12-7-4-8-13-26)34(40)37-21-9-19-35-30(38)17-14-25(18-20-36-31(39)23-37)24-10-5-3-6-11-24/h3-8,10-13,15-16,22,25H,2,9,14,17-21,23H2,1H3,(H,35,38)(H,36,39). The normalized spacial score (nSPS) is 17.3. The average Bonchev–Trinajstić information content (AvgIpc) is 3.39. The lowest BCUT2D eigenvalue weighted by Crippen LogP contribution is -2.42. The summed E-state index contributed by atoms with van der Waals surface area (Å²) in [5.41, 5.74) is 2.86. The first-order valence-corrected chi connectivity index (χ1v) is 14.7. The lowest BCUT2D eigenvalue weighted by atomic mass is 9.91.